The van der Waals surface area contributed by atoms with Crippen LogP contribution in [0.5, 0.6) is 0 Å². The van der Waals surface area contributed by atoms with Gasteiger partial charge in [0.05, 0.1) is 13.7 Å². The summed E-state index contributed by atoms with van der Waals surface area (Å²) in [5, 5.41) is 3.14. The van der Waals surface area contributed by atoms with E-state index in [0.29, 0.717) is 23.0 Å². The van der Waals surface area contributed by atoms with Gasteiger partial charge in [0.25, 0.3) is 0 Å². The smallest absolute Gasteiger partial charge is 0.124 e. The van der Waals surface area contributed by atoms with E-state index in [2.05, 4.69) is 93.8 Å². The predicted molar refractivity (Wildman–Crippen MR) is 180 cm³/mol. The molecule has 0 saturated heterocycles. The number of hydrogen-bond acceptors (Lipinski definition) is 3. The molecule has 0 N–H and O–H groups in total. The Labute approximate surface area is 275 Å². The second-order valence-corrected chi connectivity index (χ2v) is 17.9. The van der Waals surface area contributed by atoms with Crippen LogP contribution in [0.1, 0.15) is 44.7 Å². The summed E-state index contributed by atoms with van der Waals surface area (Å²) in [5.41, 5.74) is 7.80. The Balaban J connectivity index is 0.000000199. The normalized spacial score (nSPS) is 11.5. The molecule has 0 aliphatic rings. The van der Waals surface area contributed by atoms with Gasteiger partial charge in [-0.1, -0.05) is 81.5 Å². The summed E-state index contributed by atoms with van der Waals surface area (Å²) in [7, 11) is -1.34. The Morgan fingerprint density at radius 2 is 1.64 bits per heavy atom. The molecule has 6 rings (SSSR count). The number of fused-ring (bicyclic) bond motifs is 3. The van der Waals surface area contributed by atoms with Crippen molar-refractivity contribution in [3.63, 3.8) is 0 Å². The van der Waals surface area contributed by atoms with Crippen LogP contribution in [0.15, 0.2) is 89.6 Å². The summed E-state index contributed by atoms with van der Waals surface area (Å²) in [4.78, 5) is 9.15. The number of rotatable bonds is 6. The molecule has 44 heavy (non-hydrogen) atoms. The number of furan rings is 1. The quantitative estimate of drug-likeness (QED) is 0.125. The fourth-order valence-corrected chi connectivity index (χ4v) is 6.92. The summed E-state index contributed by atoms with van der Waals surface area (Å²) in [6.45, 7) is 16.0. The Bertz CT molecular complexity index is 1860. The van der Waals surface area contributed by atoms with Crippen molar-refractivity contribution < 1.29 is 28.9 Å². The molecule has 6 heteroatoms. The Hall–Kier alpha value is -3.44. The van der Waals surface area contributed by atoms with Crippen molar-refractivity contribution in [2.24, 2.45) is 5.92 Å². The number of benzene rings is 3. The van der Waals surface area contributed by atoms with Crippen molar-refractivity contribution in [3.8, 4) is 22.5 Å². The first-order valence-electron chi connectivity index (χ1n) is 15.0. The maximum Gasteiger partial charge on any atom is 0.124 e. The second kappa shape index (κ2) is 14.1. The molecule has 0 spiro atoms. The van der Waals surface area contributed by atoms with Crippen LogP contribution >= 0.6 is 0 Å². The van der Waals surface area contributed by atoms with Crippen LogP contribution in [-0.4, -0.2) is 18.0 Å². The number of aromatic nitrogens is 2. The largest absolute Gasteiger partial charge is 0.501 e. The molecular formula is C38H39FIrN2OSi-2. The maximum atomic E-state index is 13.5. The molecule has 229 valence electrons. The van der Waals surface area contributed by atoms with E-state index in [1.54, 1.807) is 12.3 Å². The summed E-state index contributed by atoms with van der Waals surface area (Å²) < 4.78 is 19.5. The van der Waals surface area contributed by atoms with Crippen LogP contribution in [0.25, 0.3) is 44.5 Å². The molecule has 0 aliphatic carbocycles. The van der Waals surface area contributed by atoms with E-state index in [-0.39, 0.29) is 25.9 Å². The van der Waals surface area contributed by atoms with E-state index in [1.165, 1.54) is 28.4 Å². The molecule has 0 amide bonds. The molecular weight excluding hydrogens is 740 g/mol. The summed E-state index contributed by atoms with van der Waals surface area (Å²) in [6, 6.07) is 29.2. The number of nitrogens with zero attached hydrogens (tertiary/aromatic N) is 2. The van der Waals surface area contributed by atoms with Crippen LogP contribution < -0.4 is 5.19 Å². The molecule has 0 atom stereocenters. The molecule has 3 aromatic carbocycles. The van der Waals surface area contributed by atoms with Crippen molar-refractivity contribution >= 4 is 35.2 Å². The molecule has 0 unspecified atom stereocenters. The molecule has 0 saturated carbocycles. The average Bonchev–Trinajstić information content (AvgIpc) is 3.35. The SMILES string of the molecule is CC(C)Cc1cc(-c2[c-]cccc2)ncc1[Si](C)(C)C.CC(C)c1ccnc(-c2[c-]ccc3c2oc2ccc(F)cc23)c1.[Ir]. The standard InChI is InChI=1S/C20H15FNO.C18H24NSi.Ir/c1-12(2)13-8-9-22-18(10-13)16-5-3-4-15-17-11-14(21)6-7-19(17)23-20(15)16;1-14(2)11-16-12-17(15-9-7-6-8-10-15)19-13-18(16)20(3,4)5;/h3-4,6-12H,1-2H3;6-9,12-14H,11H2,1-5H3;/q2*-1;. The molecule has 3 heterocycles. The van der Waals surface area contributed by atoms with Gasteiger partial charge in [-0.25, -0.2) is 4.39 Å². The zero-order chi connectivity index (χ0) is 30.7. The summed E-state index contributed by atoms with van der Waals surface area (Å²) in [5.74, 6) is 0.815. The number of halogens is 1. The Morgan fingerprint density at radius 1 is 0.841 bits per heavy atom. The zero-order valence-corrected chi connectivity index (χ0v) is 29.9. The van der Waals surface area contributed by atoms with E-state index < -0.39 is 8.07 Å². The molecule has 3 aromatic heterocycles. The molecule has 1 radical (unpaired) electrons. The predicted octanol–water partition coefficient (Wildman–Crippen LogP) is 10.0. The zero-order valence-electron chi connectivity index (χ0n) is 26.5. The molecule has 0 fully saturated rings. The van der Waals surface area contributed by atoms with Crippen LogP contribution in [0.2, 0.25) is 19.6 Å². The first-order chi connectivity index (χ1) is 20.5. The first kappa shape index (κ1) is 33.4. The van der Waals surface area contributed by atoms with E-state index in [0.717, 1.165) is 39.7 Å². The molecule has 3 nitrogen and oxygen atoms in total. The van der Waals surface area contributed by atoms with Gasteiger partial charge in [0.2, 0.25) is 0 Å². The van der Waals surface area contributed by atoms with E-state index >= 15 is 0 Å². The van der Waals surface area contributed by atoms with E-state index in [4.69, 9.17) is 4.42 Å². The van der Waals surface area contributed by atoms with Gasteiger partial charge in [0, 0.05) is 37.9 Å². The Kier molecular flexibility index (Phi) is 10.7. The van der Waals surface area contributed by atoms with Gasteiger partial charge >= 0.3 is 0 Å². The number of hydrogen-bond donors (Lipinski definition) is 0. The van der Waals surface area contributed by atoms with Gasteiger partial charge in [-0.2, -0.15) is 0 Å². The average molecular weight is 779 g/mol. The van der Waals surface area contributed by atoms with Crippen LogP contribution in [0.4, 0.5) is 4.39 Å². The van der Waals surface area contributed by atoms with Gasteiger partial charge in [-0.05, 0) is 59.1 Å². The third-order valence-electron chi connectivity index (χ3n) is 7.51. The van der Waals surface area contributed by atoms with Crippen molar-refractivity contribution in [1.29, 1.82) is 0 Å². The second-order valence-electron chi connectivity index (χ2n) is 12.8. The van der Waals surface area contributed by atoms with Gasteiger partial charge < -0.3 is 14.4 Å². The van der Waals surface area contributed by atoms with Crippen LogP contribution in [-0.2, 0) is 26.5 Å². The summed E-state index contributed by atoms with van der Waals surface area (Å²) in [6.07, 6.45) is 5.04. The third kappa shape index (κ3) is 7.61. The number of pyridine rings is 2. The third-order valence-corrected chi connectivity index (χ3v) is 9.58. The van der Waals surface area contributed by atoms with Gasteiger partial charge in [0.1, 0.15) is 11.4 Å². The van der Waals surface area contributed by atoms with Crippen molar-refractivity contribution in [3.05, 3.63) is 114 Å². The minimum absolute atomic E-state index is 0. The molecule has 0 aliphatic heterocycles. The van der Waals surface area contributed by atoms with Gasteiger partial charge in [0.15, 0.2) is 0 Å². The van der Waals surface area contributed by atoms with Gasteiger partial charge in [-0.15, -0.1) is 54.1 Å². The minimum Gasteiger partial charge on any atom is -0.501 e. The monoisotopic (exact) mass is 779 g/mol. The fraction of sp³-hybridized carbons (Fsp3) is 0.263. The van der Waals surface area contributed by atoms with Crippen LogP contribution in [0, 0.1) is 23.9 Å². The topological polar surface area (TPSA) is 38.9 Å². The minimum atomic E-state index is -1.34. The fourth-order valence-electron chi connectivity index (χ4n) is 5.33. The molecule has 6 aromatic rings. The molecule has 0 bridgehead atoms. The Morgan fingerprint density at radius 3 is 2.32 bits per heavy atom. The summed E-state index contributed by atoms with van der Waals surface area (Å²) >= 11 is 0. The van der Waals surface area contributed by atoms with Crippen molar-refractivity contribution in [1.82, 2.24) is 9.97 Å². The first-order valence-corrected chi connectivity index (χ1v) is 18.5. The van der Waals surface area contributed by atoms with E-state index in [1.807, 2.05) is 36.4 Å². The van der Waals surface area contributed by atoms with Crippen molar-refractivity contribution in [2.75, 3.05) is 0 Å². The van der Waals surface area contributed by atoms with Crippen molar-refractivity contribution in [2.45, 2.75) is 59.7 Å². The van der Waals surface area contributed by atoms with E-state index in [9.17, 15) is 4.39 Å². The van der Waals surface area contributed by atoms with Gasteiger partial charge in [-0.3, -0.25) is 0 Å². The maximum absolute atomic E-state index is 13.5. The van der Waals surface area contributed by atoms with Crippen LogP contribution in [0.3, 0.4) is 0 Å².